The van der Waals surface area contributed by atoms with Gasteiger partial charge < -0.3 is 19.7 Å². The molecule has 2 aromatic rings. The summed E-state index contributed by atoms with van der Waals surface area (Å²) in [6.07, 6.45) is 2.65. The summed E-state index contributed by atoms with van der Waals surface area (Å²) in [5, 5.41) is 2.54. The van der Waals surface area contributed by atoms with Crippen LogP contribution in [0.25, 0.3) is 0 Å². The largest absolute Gasteiger partial charge is 0.493 e. The molecule has 2 aliphatic rings. The van der Waals surface area contributed by atoms with Gasteiger partial charge in [-0.25, -0.2) is 13.2 Å². The van der Waals surface area contributed by atoms with Gasteiger partial charge in [0.25, 0.3) is 0 Å². The van der Waals surface area contributed by atoms with E-state index in [-0.39, 0.29) is 18.1 Å². The Hall–Kier alpha value is -2.74. The van der Waals surface area contributed by atoms with E-state index >= 15 is 0 Å². The van der Waals surface area contributed by atoms with Gasteiger partial charge in [0.2, 0.25) is 0 Å². The average Bonchev–Trinajstić information content (AvgIpc) is 3.06. The highest BCUT2D eigenvalue weighted by Gasteiger charge is 2.47. The molecule has 2 heterocycles. The molecule has 0 saturated carbocycles. The summed E-state index contributed by atoms with van der Waals surface area (Å²) in [7, 11) is -0.236. The number of piperidine rings is 1. The number of methoxy groups -OCH3 is 2. The summed E-state index contributed by atoms with van der Waals surface area (Å²) in [6, 6.07) is 13.9. The van der Waals surface area contributed by atoms with Gasteiger partial charge in [-0.2, -0.15) is 0 Å². The lowest BCUT2D eigenvalue weighted by Gasteiger charge is -2.38. The molecule has 1 N–H and O–H groups in total. The molecule has 4 rings (SSSR count). The van der Waals surface area contributed by atoms with E-state index in [0.717, 1.165) is 18.4 Å². The highest BCUT2D eigenvalue weighted by molar-refractivity contribution is 7.92. The summed E-state index contributed by atoms with van der Waals surface area (Å²) < 4.78 is 36.7. The molecular formula is C23H28N2O5S. The Balaban J connectivity index is 1.41. The highest BCUT2D eigenvalue weighted by atomic mass is 32.2. The average molecular weight is 445 g/mol. The second-order valence-electron chi connectivity index (χ2n) is 8.09. The maximum Gasteiger partial charge on any atom is 0.318 e. The molecule has 2 aliphatic heterocycles. The minimum atomic E-state index is -3.39. The molecule has 0 spiro atoms. The molecule has 0 aliphatic carbocycles. The standard InChI is InChI=1S/C23H28N2O5S/c1-29-21-11-8-16(12-22(21)30-2)15-24-23(26)25-17-9-10-18(25)14-20(13-17)31(27,28)19-6-4-3-5-7-19/h3-8,11-12,17-18,20H,9-10,13-15H2,1-2H3,(H,24,26). The van der Waals surface area contributed by atoms with Gasteiger partial charge in [-0.05, 0) is 55.5 Å². The first-order valence-corrected chi connectivity index (χ1v) is 12.0. The van der Waals surface area contributed by atoms with Crippen LogP contribution in [-0.2, 0) is 16.4 Å². The van der Waals surface area contributed by atoms with Gasteiger partial charge in [0.15, 0.2) is 21.3 Å². The molecule has 2 atom stereocenters. The minimum Gasteiger partial charge on any atom is -0.493 e. The van der Waals surface area contributed by atoms with Crippen molar-refractivity contribution in [1.29, 1.82) is 0 Å². The normalized spacial score (nSPS) is 22.8. The van der Waals surface area contributed by atoms with E-state index in [1.807, 2.05) is 29.2 Å². The van der Waals surface area contributed by atoms with Gasteiger partial charge in [0, 0.05) is 18.6 Å². The molecule has 2 fully saturated rings. The van der Waals surface area contributed by atoms with E-state index in [2.05, 4.69) is 5.32 Å². The number of carbonyl (C=O) groups excluding carboxylic acids is 1. The lowest BCUT2D eigenvalue weighted by molar-refractivity contribution is 0.147. The predicted molar refractivity (Wildman–Crippen MR) is 117 cm³/mol. The topological polar surface area (TPSA) is 84.9 Å². The summed E-state index contributed by atoms with van der Waals surface area (Å²) in [5.41, 5.74) is 0.903. The second kappa shape index (κ2) is 8.78. The first kappa shape index (κ1) is 21.5. The van der Waals surface area contributed by atoms with E-state index < -0.39 is 15.1 Å². The van der Waals surface area contributed by atoms with Gasteiger partial charge in [-0.15, -0.1) is 0 Å². The molecule has 2 amide bonds. The fourth-order valence-electron chi connectivity index (χ4n) is 4.77. The zero-order valence-electron chi connectivity index (χ0n) is 17.8. The molecule has 2 bridgehead atoms. The second-order valence-corrected chi connectivity index (χ2v) is 10.3. The molecule has 7 nitrogen and oxygen atoms in total. The predicted octanol–water partition coefficient (Wildman–Crippen LogP) is 3.38. The Morgan fingerprint density at radius 3 is 2.26 bits per heavy atom. The van der Waals surface area contributed by atoms with Crippen LogP contribution in [0.3, 0.4) is 0 Å². The first-order chi connectivity index (χ1) is 14.9. The third-order valence-corrected chi connectivity index (χ3v) is 8.52. The number of amides is 2. The Morgan fingerprint density at radius 2 is 1.65 bits per heavy atom. The number of sulfone groups is 1. The molecule has 0 aromatic heterocycles. The van der Waals surface area contributed by atoms with Crippen molar-refractivity contribution in [2.45, 2.75) is 54.5 Å². The Bertz CT molecular complexity index is 1030. The van der Waals surface area contributed by atoms with Crippen molar-refractivity contribution < 1.29 is 22.7 Å². The van der Waals surface area contributed by atoms with Crippen LogP contribution in [0.2, 0.25) is 0 Å². The number of carbonyl (C=O) groups is 1. The van der Waals surface area contributed by atoms with Crippen LogP contribution in [0.1, 0.15) is 31.2 Å². The zero-order chi connectivity index (χ0) is 22.0. The third kappa shape index (κ3) is 4.21. The fourth-order valence-corrected chi connectivity index (χ4v) is 6.65. The van der Waals surface area contributed by atoms with Crippen LogP contribution < -0.4 is 14.8 Å². The van der Waals surface area contributed by atoms with Crippen molar-refractivity contribution in [2.24, 2.45) is 0 Å². The molecule has 31 heavy (non-hydrogen) atoms. The lowest BCUT2D eigenvalue weighted by atomic mass is 10.0. The van der Waals surface area contributed by atoms with Crippen LogP contribution in [0.15, 0.2) is 53.4 Å². The van der Waals surface area contributed by atoms with E-state index in [9.17, 15) is 13.2 Å². The van der Waals surface area contributed by atoms with Gasteiger partial charge in [0.05, 0.1) is 24.4 Å². The number of hydrogen-bond acceptors (Lipinski definition) is 5. The van der Waals surface area contributed by atoms with Crippen molar-refractivity contribution in [3.8, 4) is 11.5 Å². The van der Waals surface area contributed by atoms with Crippen molar-refractivity contribution in [3.63, 3.8) is 0 Å². The third-order valence-electron chi connectivity index (χ3n) is 6.33. The maximum absolute atomic E-state index is 13.1. The molecule has 8 heteroatoms. The number of rotatable bonds is 6. The number of nitrogens with one attached hydrogen (secondary N) is 1. The van der Waals surface area contributed by atoms with E-state index in [0.29, 0.717) is 35.8 Å². The Kier molecular flexibility index (Phi) is 6.09. The van der Waals surface area contributed by atoms with Gasteiger partial charge in [-0.1, -0.05) is 24.3 Å². The van der Waals surface area contributed by atoms with E-state index in [1.165, 1.54) is 0 Å². The SMILES string of the molecule is COc1ccc(CNC(=O)N2C3CCC2CC(S(=O)(=O)c2ccccc2)C3)cc1OC. The first-order valence-electron chi connectivity index (χ1n) is 10.5. The number of fused-ring (bicyclic) bond motifs is 2. The highest BCUT2D eigenvalue weighted by Crippen LogP contribution is 2.40. The van der Waals surface area contributed by atoms with Crippen molar-refractivity contribution in [3.05, 3.63) is 54.1 Å². The van der Waals surface area contributed by atoms with Crippen LogP contribution in [-0.4, -0.2) is 50.9 Å². The molecule has 2 saturated heterocycles. The zero-order valence-corrected chi connectivity index (χ0v) is 18.6. The van der Waals surface area contributed by atoms with Gasteiger partial charge in [-0.3, -0.25) is 0 Å². The summed E-state index contributed by atoms with van der Waals surface area (Å²) >= 11 is 0. The summed E-state index contributed by atoms with van der Waals surface area (Å²) in [5.74, 6) is 1.25. The number of ether oxygens (including phenoxy) is 2. The number of hydrogen-bond donors (Lipinski definition) is 1. The maximum atomic E-state index is 13.1. The number of benzene rings is 2. The van der Waals surface area contributed by atoms with E-state index in [1.54, 1.807) is 38.5 Å². The van der Waals surface area contributed by atoms with Gasteiger partial charge in [0.1, 0.15) is 0 Å². The van der Waals surface area contributed by atoms with Crippen LogP contribution >= 0.6 is 0 Å². The monoisotopic (exact) mass is 444 g/mol. The molecule has 0 radical (unpaired) electrons. The summed E-state index contributed by atoms with van der Waals surface area (Å²) in [4.78, 5) is 15.2. The van der Waals surface area contributed by atoms with Crippen LogP contribution in [0, 0.1) is 0 Å². The van der Waals surface area contributed by atoms with Crippen molar-refractivity contribution >= 4 is 15.9 Å². The number of urea groups is 1. The molecule has 166 valence electrons. The molecule has 2 aromatic carbocycles. The molecular weight excluding hydrogens is 416 g/mol. The lowest BCUT2D eigenvalue weighted by Crippen LogP contribution is -2.52. The Morgan fingerprint density at radius 1 is 1.00 bits per heavy atom. The Labute approximate surface area is 183 Å². The van der Waals surface area contributed by atoms with E-state index in [4.69, 9.17) is 9.47 Å². The van der Waals surface area contributed by atoms with Gasteiger partial charge >= 0.3 is 6.03 Å². The fraction of sp³-hybridized carbons (Fsp3) is 0.435. The minimum absolute atomic E-state index is 0.0485. The number of nitrogens with zero attached hydrogens (tertiary/aromatic N) is 1. The molecule has 2 unspecified atom stereocenters. The van der Waals surface area contributed by atoms with Crippen molar-refractivity contribution in [2.75, 3.05) is 14.2 Å². The quantitative estimate of drug-likeness (QED) is 0.738. The smallest absolute Gasteiger partial charge is 0.318 e. The van der Waals surface area contributed by atoms with Crippen molar-refractivity contribution in [1.82, 2.24) is 10.2 Å². The van der Waals surface area contributed by atoms with Crippen LogP contribution in [0.4, 0.5) is 4.79 Å². The summed E-state index contributed by atoms with van der Waals surface area (Å²) in [6.45, 7) is 0.362. The van der Waals surface area contributed by atoms with Crippen LogP contribution in [0.5, 0.6) is 11.5 Å².